The zero-order chi connectivity index (χ0) is 10.8. The van der Waals surface area contributed by atoms with Crippen LogP contribution in [0.25, 0.3) is 0 Å². The van der Waals surface area contributed by atoms with Gasteiger partial charge in [0, 0.05) is 11.3 Å². The Hall–Kier alpha value is -1.10. The first-order valence-electron chi connectivity index (χ1n) is 4.86. The summed E-state index contributed by atoms with van der Waals surface area (Å²) in [4.78, 5) is 19.4. The van der Waals surface area contributed by atoms with E-state index in [2.05, 4.69) is 9.97 Å². The standard InChI is InChI=1S/C10H12N2O2S/c1-6-11-8-3-5-15-4-2-7(8)9(12-6)10(13)14/h2-5H2,1H3,(H,13,14). The van der Waals surface area contributed by atoms with Crippen molar-refractivity contribution in [2.75, 3.05) is 11.5 Å². The third kappa shape index (κ3) is 2.12. The van der Waals surface area contributed by atoms with Gasteiger partial charge in [0.05, 0.1) is 0 Å². The maximum absolute atomic E-state index is 11.0. The molecule has 2 rings (SSSR count). The molecule has 1 N–H and O–H groups in total. The van der Waals surface area contributed by atoms with Crippen LogP contribution >= 0.6 is 11.8 Å². The van der Waals surface area contributed by atoms with Gasteiger partial charge in [-0.15, -0.1) is 0 Å². The zero-order valence-electron chi connectivity index (χ0n) is 8.49. The van der Waals surface area contributed by atoms with Crippen molar-refractivity contribution in [1.82, 2.24) is 9.97 Å². The van der Waals surface area contributed by atoms with Crippen molar-refractivity contribution in [3.8, 4) is 0 Å². The SMILES string of the molecule is Cc1nc2c(c(C(=O)O)n1)CCSCC2. The van der Waals surface area contributed by atoms with Gasteiger partial charge in [0.2, 0.25) is 0 Å². The molecule has 0 unspecified atom stereocenters. The minimum Gasteiger partial charge on any atom is -0.477 e. The van der Waals surface area contributed by atoms with Crippen molar-refractivity contribution in [2.45, 2.75) is 19.8 Å². The van der Waals surface area contributed by atoms with Crippen LogP contribution in [-0.2, 0) is 12.8 Å². The molecule has 5 heteroatoms. The highest BCUT2D eigenvalue weighted by atomic mass is 32.2. The molecule has 0 aliphatic carbocycles. The number of aromatic carboxylic acids is 1. The second-order valence-electron chi connectivity index (χ2n) is 3.46. The summed E-state index contributed by atoms with van der Waals surface area (Å²) in [6.45, 7) is 1.74. The fraction of sp³-hybridized carbons (Fsp3) is 0.500. The molecule has 0 radical (unpaired) electrons. The van der Waals surface area contributed by atoms with Crippen LogP contribution in [0.15, 0.2) is 0 Å². The summed E-state index contributed by atoms with van der Waals surface area (Å²) in [7, 11) is 0. The molecular formula is C10H12N2O2S. The first-order valence-corrected chi connectivity index (χ1v) is 6.01. The zero-order valence-corrected chi connectivity index (χ0v) is 9.30. The van der Waals surface area contributed by atoms with Crippen LogP contribution in [0.2, 0.25) is 0 Å². The number of fused-ring (bicyclic) bond motifs is 1. The summed E-state index contributed by atoms with van der Waals surface area (Å²) in [5.74, 6) is 1.59. The van der Waals surface area contributed by atoms with E-state index in [0.717, 1.165) is 35.6 Å². The molecule has 0 saturated carbocycles. The Balaban J connectivity index is 2.54. The summed E-state index contributed by atoms with van der Waals surface area (Å²) in [5, 5.41) is 9.06. The molecule has 0 atom stereocenters. The number of carbonyl (C=O) groups is 1. The highest BCUT2D eigenvalue weighted by Crippen LogP contribution is 2.21. The molecule has 1 aromatic heterocycles. The van der Waals surface area contributed by atoms with Crippen LogP contribution < -0.4 is 0 Å². The maximum Gasteiger partial charge on any atom is 0.354 e. The van der Waals surface area contributed by atoms with E-state index in [9.17, 15) is 4.79 Å². The van der Waals surface area contributed by atoms with Gasteiger partial charge in [-0.3, -0.25) is 0 Å². The van der Waals surface area contributed by atoms with Gasteiger partial charge in [-0.1, -0.05) is 0 Å². The molecule has 0 spiro atoms. The smallest absolute Gasteiger partial charge is 0.354 e. The molecule has 0 aromatic carbocycles. The Labute approximate surface area is 92.1 Å². The molecule has 1 aliphatic rings. The van der Waals surface area contributed by atoms with E-state index < -0.39 is 5.97 Å². The lowest BCUT2D eigenvalue weighted by molar-refractivity contribution is 0.0688. The first-order chi connectivity index (χ1) is 7.18. The average Bonchev–Trinajstić information content (AvgIpc) is 2.41. The topological polar surface area (TPSA) is 63.1 Å². The average molecular weight is 224 g/mol. The van der Waals surface area contributed by atoms with Crippen molar-refractivity contribution in [3.63, 3.8) is 0 Å². The molecule has 0 amide bonds. The van der Waals surface area contributed by atoms with Gasteiger partial charge in [-0.25, -0.2) is 14.8 Å². The number of hydrogen-bond donors (Lipinski definition) is 1. The third-order valence-corrected chi connectivity index (χ3v) is 3.37. The molecule has 0 bridgehead atoms. The van der Waals surface area contributed by atoms with Crippen LogP contribution in [0.5, 0.6) is 0 Å². The Morgan fingerprint density at radius 2 is 2.07 bits per heavy atom. The summed E-state index contributed by atoms with van der Waals surface area (Å²) >= 11 is 1.84. The number of aryl methyl sites for hydroxylation is 2. The van der Waals surface area contributed by atoms with E-state index >= 15 is 0 Å². The van der Waals surface area contributed by atoms with Crippen molar-refractivity contribution in [3.05, 3.63) is 22.8 Å². The summed E-state index contributed by atoms with van der Waals surface area (Å²) in [6, 6.07) is 0. The number of carboxylic acids is 1. The van der Waals surface area contributed by atoms with Gasteiger partial charge in [0.15, 0.2) is 5.69 Å². The van der Waals surface area contributed by atoms with E-state index in [4.69, 9.17) is 5.11 Å². The maximum atomic E-state index is 11.0. The van der Waals surface area contributed by atoms with Crippen molar-refractivity contribution in [2.24, 2.45) is 0 Å². The molecule has 0 fully saturated rings. The number of aromatic nitrogens is 2. The number of rotatable bonds is 1. The number of hydrogen-bond acceptors (Lipinski definition) is 4. The van der Waals surface area contributed by atoms with E-state index in [1.54, 1.807) is 6.92 Å². The molecule has 0 saturated heterocycles. The highest BCUT2D eigenvalue weighted by Gasteiger charge is 2.19. The van der Waals surface area contributed by atoms with Crippen LogP contribution in [0.3, 0.4) is 0 Å². The van der Waals surface area contributed by atoms with Gasteiger partial charge in [0.1, 0.15) is 5.82 Å². The largest absolute Gasteiger partial charge is 0.477 e. The minimum atomic E-state index is -0.941. The second-order valence-corrected chi connectivity index (χ2v) is 4.69. The molecule has 15 heavy (non-hydrogen) atoms. The Bertz CT molecular complexity index is 407. The minimum absolute atomic E-state index is 0.194. The van der Waals surface area contributed by atoms with Crippen molar-refractivity contribution < 1.29 is 9.90 Å². The highest BCUT2D eigenvalue weighted by molar-refractivity contribution is 7.99. The van der Waals surface area contributed by atoms with Crippen LogP contribution in [0, 0.1) is 6.92 Å². The van der Waals surface area contributed by atoms with Crippen LogP contribution in [0.4, 0.5) is 0 Å². The van der Waals surface area contributed by atoms with Gasteiger partial charge in [-0.05, 0) is 31.3 Å². The van der Waals surface area contributed by atoms with Crippen molar-refractivity contribution in [1.29, 1.82) is 0 Å². The number of nitrogens with zero attached hydrogens (tertiary/aromatic N) is 2. The Morgan fingerprint density at radius 3 is 2.80 bits per heavy atom. The van der Waals surface area contributed by atoms with Gasteiger partial charge in [0.25, 0.3) is 0 Å². The normalized spacial score (nSPS) is 15.5. The molecular weight excluding hydrogens is 212 g/mol. The lowest BCUT2D eigenvalue weighted by Gasteiger charge is -2.08. The van der Waals surface area contributed by atoms with E-state index in [1.165, 1.54) is 0 Å². The lowest BCUT2D eigenvalue weighted by atomic mass is 10.1. The fourth-order valence-electron chi connectivity index (χ4n) is 1.75. The summed E-state index contributed by atoms with van der Waals surface area (Å²) in [5.41, 5.74) is 1.95. The Morgan fingerprint density at radius 1 is 1.33 bits per heavy atom. The fourth-order valence-corrected chi connectivity index (χ4v) is 2.64. The molecule has 80 valence electrons. The third-order valence-electron chi connectivity index (χ3n) is 2.39. The van der Waals surface area contributed by atoms with Crippen molar-refractivity contribution >= 4 is 17.7 Å². The van der Waals surface area contributed by atoms with Gasteiger partial charge < -0.3 is 5.11 Å². The van der Waals surface area contributed by atoms with Crippen LogP contribution in [0.1, 0.15) is 27.6 Å². The van der Waals surface area contributed by atoms with E-state index in [1.807, 2.05) is 11.8 Å². The van der Waals surface area contributed by atoms with Crippen LogP contribution in [-0.4, -0.2) is 32.5 Å². The van der Waals surface area contributed by atoms with Gasteiger partial charge in [-0.2, -0.15) is 11.8 Å². The monoisotopic (exact) mass is 224 g/mol. The molecule has 1 aromatic rings. The molecule has 1 aliphatic heterocycles. The lowest BCUT2D eigenvalue weighted by Crippen LogP contribution is -2.12. The van der Waals surface area contributed by atoms with Gasteiger partial charge >= 0.3 is 5.97 Å². The first kappa shape index (κ1) is 10.4. The summed E-state index contributed by atoms with van der Waals surface area (Å²) in [6.07, 6.45) is 1.62. The predicted octanol–water partition coefficient (Wildman–Crippen LogP) is 1.32. The molecule has 4 nitrogen and oxygen atoms in total. The Kier molecular flexibility index (Phi) is 2.90. The predicted molar refractivity (Wildman–Crippen MR) is 58.5 cm³/mol. The summed E-state index contributed by atoms with van der Waals surface area (Å²) < 4.78 is 0. The van der Waals surface area contributed by atoms with E-state index in [0.29, 0.717) is 5.82 Å². The second kappa shape index (κ2) is 4.18. The number of carboxylic acid groups (broad SMARTS) is 1. The molecule has 2 heterocycles. The van der Waals surface area contributed by atoms with E-state index in [-0.39, 0.29) is 5.69 Å². The quantitative estimate of drug-likeness (QED) is 0.779. The number of thioether (sulfide) groups is 1.